The van der Waals surface area contributed by atoms with E-state index in [1.807, 2.05) is 31.2 Å². The summed E-state index contributed by atoms with van der Waals surface area (Å²) in [5.74, 6) is -0.682. The summed E-state index contributed by atoms with van der Waals surface area (Å²) in [6, 6.07) is 10.8. The maximum Gasteiger partial charge on any atom is 0.290 e. The SMILES string of the molecule is Cc1ccc(NC(=O)C[n+]2cccc(C(N)=O)c2)cc1.[Cl-]. The Bertz CT molecular complexity index is 642. The van der Waals surface area contributed by atoms with Crippen LogP contribution >= 0.6 is 0 Å². The van der Waals surface area contributed by atoms with Crippen molar-refractivity contribution < 1.29 is 26.6 Å². The molecule has 2 amide bonds. The van der Waals surface area contributed by atoms with E-state index in [0.717, 1.165) is 11.3 Å². The lowest BCUT2D eigenvalue weighted by molar-refractivity contribution is -0.684. The molecule has 110 valence electrons. The van der Waals surface area contributed by atoms with Crippen molar-refractivity contribution in [1.82, 2.24) is 0 Å². The van der Waals surface area contributed by atoms with Gasteiger partial charge in [0.15, 0.2) is 12.4 Å². The fourth-order valence-corrected chi connectivity index (χ4v) is 1.77. The Morgan fingerprint density at radius 1 is 1.19 bits per heavy atom. The van der Waals surface area contributed by atoms with Crippen LogP contribution in [0.3, 0.4) is 0 Å². The molecule has 0 aliphatic carbocycles. The lowest BCUT2D eigenvalue weighted by Crippen LogP contribution is -3.00. The Balaban J connectivity index is 0.00000220. The number of halogens is 1. The molecule has 0 atom stereocenters. The number of hydrogen-bond donors (Lipinski definition) is 2. The monoisotopic (exact) mass is 305 g/mol. The van der Waals surface area contributed by atoms with Crippen LogP contribution in [0.25, 0.3) is 0 Å². The number of rotatable bonds is 4. The van der Waals surface area contributed by atoms with Crippen molar-refractivity contribution in [1.29, 1.82) is 0 Å². The van der Waals surface area contributed by atoms with Gasteiger partial charge in [0.25, 0.3) is 11.8 Å². The highest BCUT2D eigenvalue weighted by atomic mass is 35.5. The van der Waals surface area contributed by atoms with Crippen LogP contribution in [-0.2, 0) is 11.3 Å². The molecule has 0 saturated heterocycles. The molecular formula is C15H16ClN3O2. The fraction of sp³-hybridized carbons (Fsp3) is 0.133. The molecule has 21 heavy (non-hydrogen) atoms. The largest absolute Gasteiger partial charge is 1.00 e. The number of carbonyl (C=O) groups excluding carboxylic acids is 2. The van der Waals surface area contributed by atoms with Crippen molar-refractivity contribution in [2.75, 3.05) is 5.32 Å². The van der Waals surface area contributed by atoms with Crippen LogP contribution in [0, 0.1) is 6.92 Å². The number of aryl methyl sites for hydroxylation is 1. The molecular weight excluding hydrogens is 290 g/mol. The lowest BCUT2D eigenvalue weighted by Gasteiger charge is -2.03. The second-order valence-electron chi connectivity index (χ2n) is 4.54. The van der Waals surface area contributed by atoms with Crippen LogP contribution in [0.5, 0.6) is 0 Å². The van der Waals surface area contributed by atoms with Crippen LogP contribution < -0.4 is 28.0 Å². The van der Waals surface area contributed by atoms with E-state index in [1.54, 1.807) is 29.1 Å². The molecule has 0 radical (unpaired) electrons. The summed E-state index contributed by atoms with van der Waals surface area (Å²) in [4.78, 5) is 23.0. The van der Waals surface area contributed by atoms with Gasteiger partial charge in [-0.1, -0.05) is 17.7 Å². The predicted molar refractivity (Wildman–Crippen MR) is 75.0 cm³/mol. The zero-order valence-corrected chi connectivity index (χ0v) is 12.3. The van der Waals surface area contributed by atoms with Crippen molar-refractivity contribution in [3.8, 4) is 0 Å². The quantitative estimate of drug-likeness (QED) is 0.643. The first kappa shape index (κ1) is 16.7. The molecule has 2 aromatic rings. The molecule has 6 heteroatoms. The number of aromatic nitrogens is 1. The molecule has 0 bridgehead atoms. The summed E-state index contributed by atoms with van der Waals surface area (Å²) in [5.41, 5.74) is 7.44. The first-order chi connectivity index (χ1) is 9.54. The Hall–Kier alpha value is -2.40. The number of benzene rings is 1. The van der Waals surface area contributed by atoms with E-state index in [2.05, 4.69) is 5.32 Å². The van der Waals surface area contributed by atoms with Gasteiger partial charge in [-0.05, 0) is 25.1 Å². The van der Waals surface area contributed by atoms with Crippen LogP contribution in [0.4, 0.5) is 5.69 Å². The minimum atomic E-state index is -0.515. The van der Waals surface area contributed by atoms with Crippen molar-refractivity contribution in [3.05, 3.63) is 59.9 Å². The summed E-state index contributed by atoms with van der Waals surface area (Å²) < 4.78 is 1.61. The van der Waals surface area contributed by atoms with Gasteiger partial charge in [-0.25, -0.2) is 0 Å². The van der Waals surface area contributed by atoms with Crippen LogP contribution in [0.2, 0.25) is 0 Å². The zero-order chi connectivity index (χ0) is 14.5. The molecule has 3 N–H and O–H groups in total. The summed E-state index contributed by atoms with van der Waals surface area (Å²) >= 11 is 0. The van der Waals surface area contributed by atoms with E-state index in [1.165, 1.54) is 0 Å². The number of pyridine rings is 1. The topological polar surface area (TPSA) is 76.1 Å². The Morgan fingerprint density at radius 3 is 2.48 bits per heavy atom. The van der Waals surface area contributed by atoms with Crippen LogP contribution in [0.15, 0.2) is 48.8 Å². The van der Waals surface area contributed by atoms with E-state index in [0.29, 0.717) is 5.56 Å². The zero-order valence-electron chi connectivity index (χ0n) is 11.5. The molecule has 1 aromatic heterocycles. The molecule has 0 aliphatic heterocycles. The normalized spacial score (nSPS) is 9.57. The molecule has 0 fully saturated rings. The molecule has 2 rings (SSSR count). The van der Waals surface area contributed by atoms with Gasteiger partial charge in [-0.15, -0.1) is 0 Å². The molecule has 1 heterocycles. The van der Waals surface area contributed by atoms with Gasteiger partial charge in [0.1, 0.15) is 5.56 Å². The molecule has 5 nitrogen and oxygen atoms in total. The lowest BCUT2D eigenvalue weighted by atomic mass is 10.2. The van der Waals surface area contributed by atoms with Gasteiger partial charge in [-0.2, -0.15) is 4.57 Å². The van der Waals surface area contributed by atoms with E-state index in [4.69, 9.17) is 5.73 Å². The first-order valence-electron chi connectivity index (χ1n) is 6.20. The molecule has 0 spiro atoms. The van der Waals surface area contributed by atoms with E-state index in [-0.39, 0.29) is 24.9 Å². The maximum absolute atomic E-state index is 11.9. The first-order valence-corrected chi connectivity index (χ1v) is 6.20. The third kappa shape index (κ3) is 4.89. The van der Waals surface area contributed by atoms with Gasteiger partial charge in [0.05, 0.1) is 0 Å². The average molecular weight is 306 g/mol. The molecule has 1 aromatic carbocycles. The summed E-state index contributed by atoms with van der Waals surface area (Å²) in [5, 5.41) is 2.79. The summed E-state index contributed by atoms with van der Waals surface area (Å²) in [6.07, 6.45) is 3.26. The van der Waals surface area contributed by atoms with Gasteiger partial charge in [0.2, 0.25) is 6.54 Å². The standard InChI is InChI=1S/C15H15N3O2.ClH/c1-11-4-6-13(7-5-11)17-14(19)10-18-8-2-3-12(9-18)15(16)20;/h2-9H,10H2,1H3,(H2-,16,17,19,20);1H. The third-order valence-corrected chi connectivity index (χ3v) is 2.80. The Kier molecular flexibility index (Phi) is 5.87. The second-order valence-corrected chi connectivity index (χ2v) is 4.54. The fourth-order valence-electron chi connectivity index (χ4n) is 1.77. The van der Waals surface area contributed by atoms with Gasteiger partial charge in [0, 0.05) is 11.8 Å². The minimum absolute atomic E-state index is 0. The number of nitrogens with two attached hydrogens (primary N) is 1. The number of anilines is 1. The number of nitrogens with zero attached hydrogens (tertiary/aromatic N) is 1. The number of carbonyl (C=O) groups is 2. The minimum Gasteiger partial charge on any atom is -1.00 e. The number of nitrogens with one attached hydrogen (secondary N) is 1. The van der Waals surface area contributed by atoms with Crippen LogP contribution in [0.1, 0.15) is 15.9 Å². The average Bonchev–Trinajstić information content (AvgIpc) is 2.41. The highest BCUT2D eigenvalue weighted by Crippen LogP contribution is 2.08. The van der Waals surface area contributed by atoms with Crippen molar-refractivity contribution >= 4 is 17.5 Å². The summed E-state index contributed by atoms with van der Waals surface area (Å²) in [6.45, 7) is 2.10. The van der Waals surface area contributed by atoms with E-state index in [9.17, 15) is 9.59 Å². The Morgan fingerprint density at radius 2 is 1.86 bits per heavy atom. The van der Waals surface area contributed by atoms with Crippen molar-refractivity contribution in [2.24, 2.45) is 5.73 Å². The van der Waals surface area contributed by atoms with Crippen molar-refractivity contribution in [3.63, 3.8) is 0 Å². The predicted octanol–water partition coefficient (Wildman–Crippen LogP) is -1.98. The second kappa shape index (κ2) is 7.40. The van der Waals surface area contributed by atoms with E-state index >= 15 is 0 Å². The molecule has 0 unspecified atom stereocenters. The van der Waals surface area contributed by atoms with Crippen LogP contribution in [-0.4, -0.2) is 11.8 Å². The number of primary amides is 1. The maximum atomic E-state index is 11.9. The number of hydrogen-bond acceptors (Lipinski definition) is 2. The number of amides is 2. The third-order valence-electron chi connectivity index (χ3n) is 2.80. The van der Waals surface area contributed by atoms with E-state index < -0.39 is 5.91 Å². The van der Waals surface area contributed by atoms with Gasteiger partial charge < -0.3 is 23.5 Å². The van der Waals surface area contributed by atoms with Gasteiger partial charge >= 0.3 is 0 Å². The smallest absolute Gasteiger partial charge is 0.290 e. The highest BCUT2D eigenvalue weighted by Gasteiger charge is 2.12. The van der Waals surface area contributed by atoms with Crippen molar-refractivity contribution in [2.45, 2.75) is 13.5 Å². The molecule has 0 saturated carbocycles. The van der Waals surface area contributed by atoms with Gasteiger partial charge in [-0.3, -0.25) is 9.59 Å². The summed E-state index contributed by atoms with van der Waals surface area (Å²) in [7, 11) is 0. The Labute approximate surface area is 129 Å². The highest BCUT2D eigenvalue weighted by molar-refractivity contribution is 5.92. The molecule has 0 aliphatic rings.